The van der Waals surface area contributed by atoms with Crippen LogP contribution in [0, 0.1) is 5.92 Å². The SMILES string of the molecule is CNc1ncc(-c2nc3c(O)cccc3o2)c2cc(NC(=O)C3CC3)ncc12. The van der Waals surface area contributed by atoms with Gasteiger partial charge < -0.3 is 20.2 Å². The summed E-state index contributed by atoms with van der Waals surface area (Å²) < 4.78 is 5.85. The largest absolute Gasteiger partial charge is 0.506 e. The van der Waals surface area contributed by atoms with E-state index >= 15 is 0 Å². The van der Waals surface area contributed by atoms with Crippen molar-refractivity contribution in [3.63, 3.8) is 0 Å². The van der Waals surface area contributed by atoms with E-state index < -0.39 is 0 Å². The molecule has 0 aliphatic heterocycles. The van der Waals surface area contributed by atoms with Crippen LogP contribution >= 0.6 is 0 Å². The van der Waals surface area contributed by atoms with Gasteiger partial charge in [0.1, 0.15) is 17.4 Å². The van der Waals surface area contributed by atoms with E-state index in [1.54, 1.807) is 43.7 Å². The number of aromatic hydroxyl groups is 1. The van der Waals surface area contributed by atoms with Gasteiger partial charge in [-0.3, -0.25) is 4.79 Å². The fourth-order valence-electron chi connectivity index (χ4n) is 3.20. The van der Waals surface area contributed by atoms with Crippen molar-refractivity contribution in [3.8, 4) is 17.2 Å². The molecule has 1 aliphatic carbocycles. The number of para-hydroxylation sites is 1. The molecule has 1 fully saturated rings. The molecule has 1 aromatic carbocycles. The van der Waals surface area contributed by atoms with E-state index in [2.05, 4.69) is 25.6 Å². The van der Waals surface area contributed by atoms with Crippen molar-refractivity contribution >= 4 is 39.4 Å². The van der Waals surface area contributed by atoms with Gasteiger partial charge in [0.25, 0.3) is 0 Å². The van der Waals surface area contributed by atoms with Gasteiger partial charge in [-0.2, -0.15) is 0 Å². The zero-order chi connectivity index (χ0) is 19.3. The number of carbonyl (C=O) groups is 1. The van der Waals surface area contributed by atoms with Crippen molar-refractivity contribution in [1.29, 1.82) is 0 Å². The Balaban J connectivity index is 1.67. The third-order valence-corrected chi connectivity index (χ3v) is 4.84. The molecule has 1 aliphatic rings. The maximum Gasteiger partial charge on any atom is 0.229 e. The molecule has 140 valence electrons. The summed E-state index contributed by atoms with van der Waals surface area (Å²) in [5.41, 5.74) is 1.52. The number of aromatic nitrogens is 3. The van der Waals surface area contributed by atoms with E-state index in [0.29, 0.717) is 34.2 Å². The first-order valence-corrected chi connectivity index (χ1v) is 9.00. The number of benzene rings is 1. The first-order chi connectivity index (χ1) is 13.6. The standard InChI is InChI=1S/C20H17N5O3/c1-21-18-12-8-22-16(24-19(27)10-5-6-10)7-11(12)13(9-23-18)20-25-17-14(26)3-2-4-15(17)28-20/h2-4,7-10,26H,5-6H2,1H3,(H,21,23)(H,22,24,27). The van der Waals surface area contributed by atoms with Gasteiger partial charge >= 0.3 is 0 Å². The highest BCUT2D eigenvalue weighted by atomic mass is 16.3. The molecular formula is C20H17N5O3. The molecule has 0 unspecified atom stereocenters. The Labute approximate surface area is 159 Å². The zero-order valence-electron chi connectivity index (χ0n) is 15.1. The van der Waals surface area contributed by atoms with Gasteiger partial charge in [-0.05, 0) is 31.0 Å². The van der Waals surface area contributed by atoms with E-state index in [9.17, 15) is 9.90 Å². The van der Waals surface area contributed by atoms with Crippen molar-refractivity contribution in [2.24, 2.45) is 5.92 Å². The molecule has 1 saturated carbocycles. The fourth-order valence-corrected chi connectivity index (χ4v) is 3.20. The molecule has 1 amide bonds. The smallest absolute Gasteiger partial charge is 0.229 e. The molecule has 3 heterocycles. The zero-order valence-corrected chi connectivity index (χ0v) is 15.1. The van der Waals surface area contributed by atoms with Crippen molar-refractivity contribution < 1.29 is 14.3 Å². The third-order valence-electron chi connectivity index (χ3n) is 4.84. The lowest BCUT2D eigenvalue weighted by Gasteiger charge is -2.10. The number of phenols is 1. The van der Waals surface area contributed by atoms with Crippen LogP contribution in [0.3, 0.4) is 0 Å². The Morgan fingerprint density at radius 2 is 2.07 bits per heavy atom. The lowest BCUT2D eigenvalue weighted by Crippen LogP contribution is -2.14. The van der Waals surface area contributed by atoms with Crippen molar-refractivity contribution in [1.82, 2.24) is 15.0 Å². The molecule has 28 heavy (non-hydrogen) atoms. The number of fused-ring (bicyclic) bond motifs is 2. The normalized spacial score (nSPS) is 13.8. The molecule has 0 saturated heterocycles. The number of anilines is 2. The Kier molecular flexibility index (Phi) is 3.65. The first kappa shape index (κ1) is 16.5. The summed E-state index contributed by atoms with van der Waals surface area (Å²) in [6.45, 7) is 0. The van der Waals surface area contributed by atoms with E-state index in [1.165, 1.54) is 0 Å². The molecule has 5 rings (SSSR count). The van der Waals surface area contributed by atoms with Crippen LogP contribution in [-0.4, -0.2) is 33.0 Å². The summed E-state index contributed by atoms with van der Waals surface area (Å²) in [4.78, 5) is 25.3. The molecule has 0 radical (unpaired) electrons. The van der Waals surface area contributed by atoms with E-state index in [4.69, 9.17) is 4.42 Å². The number of nitrogens with one attached hydrogen (secondary N) is 2. The lowest BCUT2D eigenvalue weighted by atomic mass is 10.1. The molecule has 3 aromatic heterocycles. The fraction of sp³-hybridized carbons (Fsp3) is 0.200. The van der Waals surface area contributed by atoms with E-state index in [0.717, 1.165) is 23.6 Å². The van der Waals surface area contributed by atoms with Crippen LogP contribution < -0.4 is 10.6 Å². The molecule has 0 bridgehead atoms. The predicted octanol–water partition coefficient (Wildman–Crippen LogP) is 3.53. The number of hydrogen-bond acceptors (Lipinski definition) is 7. The quantitative estimate of drug-likeness (QED) is 0.500. The van der Waals surface area contributed by atoms with Gasteiger partial charge in [0.2, 0.25) is 11.8 Å². The number of rotatable bonds is 4. The van der Waals surface area contributed by atoms with Gasteiger partial charge in [0.15, 0.2) is 11.1 Å². The predicted molar refractivity (Wildman–Crippen MR) is 105 cm³/mol. The molecule has 3 N–H and O–H groups in total. The van der Waals surface area contributed by atoms with Crippen LogP contribution in [-0.2, 0) is 4.79 Å². The minimum atomic E-state index is -0.0110. The summed E-state index contributed by atoms with van der Waals surface area (Å²) in [6.07, 6.45) is 5.17. The van der Waals surface area contributed by atoms with Crippen LogP contribution in [0.15, 0.2) is 41.1 Å². The Bertz CT molecular complexity index is 1230. The first-order valence-electron chi connectivity index (χ1n) is 9.00. The highest BCUT2D eigenvalue weighted by Gasteiger charge is 2.30. The van der Waals surface area contributed by atoms with E-state index in [-0.39, 0.29) is 17.6 Å². The molecule has 0 atom stereocenters. The number of carbonyl (C=O) groups excluding carboxylic acids is 1. The summed E-state index contributed by atoms with van der Waals surface area (Å²) in [6, 6.07) is 6.79. The number of oxazole rings is 1. The summed E-state index contributed by atoms with van der Waals surface area (Å²) >= 11 is 0. The second-order valence-electron chi connectivity index (χ2n) is 6.79. The van der Waals surface area contributed by atoms with Crippen molar-refractivity contribution in [2.75, 3.05) is 17.7 Å². The lowest BCUT2D eigenvalue weighted by molar-refractivity contribution is -0.117. The molecule has 8 nitrogen and oxygen atoms in total. The minimum absolute atomic E-state index is 0.0110. The maximum atomic E-state index is 12.1. The molecular weight excluding hydrogens is 358 g/mol. The number of amides is 1. The number of hydrogen-bond donors (Lipinski definition) is 3. The van der Waals surface area contributed by atoms with Crippen LogP contribution in [0.25, 0.3) is 33.3 Å². The van der Waals surface area contributed by atoms with E-state index in [1.807, 2.05) is 0 Å². The molecule has 4 aromatic rings. The number of pyridine rings is 2. The van der Waals surface area contributed by atoms with Gasteiger partial charge in [-0.1, -0.05) is 6.07 Å². The molecule has 8 heteroatoms. The number of nitrogens with zero attached hydrogens (tertiary/aromatic N) is 3. The van der Waals surface area contributed by atoms with Gasteiger partial charge in [0, 0.05) is 36.1 Å². The Morgan fingerprint density at radius 3 is 2.82 bits per heavy atom. The average Bonchev–Trinajstić information content (AvgIpc) is 3.46. The topological polar surface area (TPSA) is 113 Å². The van der Waals surface area contributed by atoms with Crippen LogP contribution in [0.5, 0.6) is 5.75 Å². The van der Waals surface area contributed by atoms with Gasteiger partial charge in [0.05, 0.1) is 5.56 Å². The van der Waals surface area contributed by atoms with Crippen LogP contribution in [0.1, 0.15) is 12.8 Å². The third kappa shape index (κ3) is 2.70. The van der Waals surface area contributed by atoms with Crippen LogP contribution in [0.2, 0.25) is 0 Å². The van der Waals surface area contributed by atoms with Crippen LogP contribution in [0.4, 0.5) is 11.6 Å². The van der Waals surface area contributed by atoms with Gasteiger partial charge in [-0.15, -0.1) is 0 Å². The highest BCUT2D eigenvalue weighted by Crippen LogP contribution is 2.36. The minimum Gasteiger partial charge on any atom is -0.506 e. The summed E-state index contributed by atoms with van der Waals surface area (Å²) in [5, 5.41) is 17.5. The second kappa shape index (κ2) is 6.19. The van der Waals surface area contributed by atoms with Crippen molar-refractivity contribution in [3.05, 3.63) is 36.7 Å². The second-order valence-corrected chi connectivity index (χ2v) is 6.79. The van der Waals surface area contributed by atoms with Crippen molar-refractivity contribution in [2.45, 2.75) is 12.8 Å². The van der Waals surface area contributed by atoms with Gasteiger partial charge in [-0.25, -0.2) is 15.0 Å². The monoisotopic (exact) mass is 375 g/mol. The summed E-state index contributed by atoms with van der Waals surface area (Å²) in [7, 11) is 1.78. The Hall–Kier alpha value is -3.68. The highest BCUT2D eigenvalue weighted by molar-refractivity contribution is 6.03. The summed E-state index contributed by atoms with van der Waals surface area (Å²) in [5.74, 6) is 1.59. The maximum absolute atomic E-state index is 12.1. The average molecular weight is 375 g/mol. The molecule has 0 spiro atoms. The number of phenolic OH excluding ortho intramolecular Hbond substituents is 1. The Morgan fingerprint density at radius 1 is 1.21 bits per heavy atom.